The first kappa shape index (κ1) is 21.1. The molecule has 4 aromatic rings. The quantitative estimate of drug-likeness (QED) is 0.225. The van der Waals surface area contributed by atoms with Crippen LogP contribution in [0.2, 0.25) is 0 Å². The summed E-state index contributed by atoms with van der Waals surface area (Å²) in [7, 11) is 0. The van der Waals surface area contributed by atoms with Gasteiger partial charge in [0.1, 0.15) is 11.5 Å². The van der Waals surface area contributed by atoms with Gasteiger partial charge in [-0.1, -0.05) is 83.9 Å². The number of carbonyl (C=O) groups is 2. The highest BCUT2D eigenvalue weighted by Gasteiger charge is 2.19. The first-order valence-corrected chi connectivity index (χ1v) is 10.3. The van der Waals surface area contributed by atoms with E-state index >= 15 is 0 Å². The van der Waals surface area contributed by atoms with E-state index < -0.39 is 11.9 Å². The average Bonchev–Trinajstić information content (AvgIpc) is 2.81. The van der Waals surface area contributed by atoms with Crippen LogP contribution in [0.5, 0.6) is 11.5 Å². The first-order valence-electron chi connectivity index (χ1n) is 10.3. The molecule has 0 radical (unpaired) electrons. The Morgan fingerprint density at radius 1 is 0.438 bits per heavy atom. The summed E-state index contributed by atoms with van der Waals surface area (Å²) in [6, 6.07) is 30.2. The maximum atomic E-state index is 12.1. The molecule has 4 rings (SSSR count). The predicted octanol–water partition coefficient (Wildman–Crippen LogP) is 6.15. The molecule has 0 spiro atoms. The summed E-state index contributed by atoms with van der Waals surface area (Å²) < 4.78 is 10.3. The van der Waals surface area contributed by atoms with Gasteiger partial charge >= 0.3 is 11.9 Å². The van der Waals surface area contributed by atoms with E-state index in [2.05, 4.69) is 0 Å². The lowest BCUT2D eigenvalue weighted by molar-refractivity contribution is -0.156. The lowest BCUT2D eigenvalue weighted by Gasteiger charge is -2.07. The molecule has 0 aromatic heterocycles. The minimum atomic E-state index is -1.07. The number of aryl methyl sites for hydroxylation is 2. The van der Waals surface area contributed by atoms with Crippen molar-refractivity contribution in [2.45, 2.75) is 13.8 Å². The number of rotatable bonds is 4. The highest BCUT2D eigenvalue weighted by atomic mass is 16.6. The van der Waals surface area contributed by atoms with Crippen molar-refractivity contribution in [1.29, 1.82) is 0 Å². The van der Waals surface area contributed by atoms with E-state index in [4.69, 9.17) is 9.47 Å². The zero-order valence-electron chi connectivity index (χ0n) is 17.9. The van der Waals surface area contributed by atoms with Gasteiger partial charge in [0.2, 0.25) is 0 Å². The Balaban J connectivity index is 1.36. The number of carbonyl (C=O) groups excluding carboxylic acids is 2. The third-order valence-electron chi connectivity index (χ3n) is 5.07. The standard InChI is InChI=1S/C28H22O4/c1-19-3-7-21(8-4-19)23-11-15-25(16-12-23)31-27(29)28(30)32-26-17-13-24(14-18-26)22-9-5-20(2)6-10-22/h3-18H,1-2H3. The van der Waals surface area contributed by atoms with Crippen LogP contribution in [-0.4, -0.2) is 11.9 Å². The van der Waals surface area contributed by atoms with Crippen LogP contribution in [0.1, 0.15) is 11.1 Å². The number of hydrogen-bond acceptors (Lipinski definition) is 4. The van der Waals surface area contributed by atoms with Crippen LogP contribution < -0.4 is 9.47 Å². The zero-order valence-corrected chi connectivity index (χ0v) is 17.9. The Morgan fingerprint density at radius 3 is 0.969 bits per heavy atom. The fourth-order valence-electron chi connectivity index (χ4n) is 3.22. The molecule has 0 aliphatic carbocycles. The van der Waals surface area contributed by atoms with Gasteiger partial charge in [-0.3, -0.25) is 0 Å². The normalized spacial score (nSPS) is 10.4. The third-order valence-corrected chi connectivity index (χ3v) is 5.07. The van der Waals surface area contributed by atoms with Crippen molar-refractivity contribution in [2.75, 3.05) is 0 Å². The first-order chi connectivity index (χ1) is 15.5. The fraction of sp³-hybridized carbons (Fsp3) is 0.0714. The molecule has 0 N–H and O–H groups in total. The minimum absolute atomic E-state index is 0.275. The molecule has 0 unspecified atom stereocenters. The Morgan fingerprint density at radius 2 is 0.688 bits per heavy atom. The van der Waals surface area contributed by atoms with E-state index in [9.17, 15) is 9.59 Å². The van der Waals surface area contributed by atoms with Gasteiger partial charge in [-0.15, -0.1) is 0 Å². The zero-order chi connectivity index (χ0) is 22.5. The minimum Gasteiger partial charge on any atom is -0.418 e. The van der Waals surface area contributed by atoms with E-state index in [1.165, 1.54) is 11.1 Å². The molecule has 4 aromatic carbocycles. The molecule has 0 saturated heterocycles. The lowest BCUT2D eigenvalue weighted by atomic mass is 10.0. The summed E-state index contributed by atoms with van der Waals surface area (Å²) in [5.41, 5.74) is 6.45. The third kappa shape index (κ3) is 5.10. The molecule has 32 heavy (non-hydrogen) atoms. The molecule has 4 nitrogen and oxygen atoms in total. The number of ether oxygens (including phenoxy) is 2. The summed E-state index contributed by atoms with van der Waals surface area (Å²) >= 11 is 0. The van der Waals surface area contributed by atoms with Crippen LogP contribution in [0.15, 0.2) is 97.1 Å². The predicted molar refractivity (Wildman–Crippen MR) is 124 cm³/mol. The number of esters is 2. The van der Waals surface area contributed by atoms with Crippen LogP contribution in [0.3, 0.4) is 0 Å². The van der Waals surface area contributed by atoms with Gasteiger partial charge < -0.3 is 9.47 Å². The fourth-order valence-corrected chi connectivity index (χ4v) is 3.22. The van der Waals surface area contributed by atoms with Gasteiger partial charge in [0.05, 0.1) is 0 Å². The molecule has 0 atom stereocenters. The number of benzene rings is 4. The van der Waals surface area contributed by atoms with Crippen molar-refractivity contribution in [2.24, 2.45) is 0 Å². The SMILES string of the molecule is Cc1ccc(-c2ccc(OC(=O)C(=O)Oc3ccc(-c4ccc(C)cc4)cc3)cc2)cc1. The Kier molecular flexibility index (Phi) is 6.13. The van der Waals surface area contributed by atoms with Crippen molar-refractivity contribution in [3.05, 3.63) is 108 Å². The molecule has 0 aliphatic rings. The molecule has 0 amide bonds. The number of hydrogen-bond donors (Lipinski definition) is 0. The summed E-state index contributed by atoms with van der Waals surface area (Å²) in [6.07, 6.45) is 0. The van der Waals surface area contributed by atoms with Gasteiger partial charge in [-0.05, 0) is 60.4 Å². The van der Waals surface area contributed by atoms with Crippen molar-refractivity contribution in [3.8, 4) is 33.8 Å². The molecular formula is C28H22O4. The van der Waals surface area contributed by atoms with Gasteiger partial charge in [0, 0.05) is 0 Å². The van der Waals surface area contributed by atoms with Gasteiger partial charge in [-0.2, -0.15) is 0 Å². The lowest BCUT2D eigenvalue weighted by Crippen LogP contribution is -2.25. The molecule has 0 fully saturated rings. The molecule has 0 aliphatic heterocycles. The van der Waals surface area contributed by atoms with Crippen molar-refractivity contribution >= 4 is 11.9 Å². The molecular weight excluding hydrogens is 400 g/mol. The van der Waals surface area contributed by atoms with Crippen LogP contribution in [0.4, 0.5) is 0 Å². The van der Waals surface area contributed by atoms with E-state index in [-0.39, 0.29) is 11.5 Å². The topological polar surface area (TPSA) is 52.6 Å². The van der Waals surface area contributed by atoms with Crippen LogP contribution in [0, 0.1) is 13.8 Å². The van der Waals surface area contributed by atoms with Crippen LogP contribution >= 0.6 is 0 Å². The molecule has 0 saturated carbocycles. The monoisotopic (exact) mass is 422 g/mol. The summed E-state index contributed by atoms with van der Waals surface area (Å²) in [4.78, 5) is 24.3. The van der Waals surface area contributed by atoms with Gasteiger partial charge in [0.25, 0.3) is 0 Å². The molecule has 0 heterocycles. The Hall–Kier alpha value is -4.18. The summed E-state index contributed by atoms with van der Waals surface area (Å²) in [6.45, 7) is 4.06. The summed E-state index contributed by atoms with van der Waals surface area (Å²) in [5.74, 6) is -1.60. The van der Waals surface area contributed by atoms with Crippen molar-refractivity contribution < 1.29 is 19.1 Å². The largest absolute Gasteiger partial charge is 0.423 e. The Bertz CT molecular complexity index is 1120. The molecule has 158 valence electrons. The highest BCUT2D eigenvalue weighted by molar-refractivity contribution is 6.31. The van der Waals surface area contributed by atoms with E-state index in [0.29, 0.717) is 0 Å². The highest BCUT2D eigenvalue weighted by Crippen LogP contribution is 2.24. The summed E-state index contributed by atoms with van der Waals surface area (Å²) in [5, 5.41) is 0. The molecule has 0 bridgehead atoms. The second-order valence-corrected chi connectivity index (χ2v) is 7.56. The van der Waals surface area contributed by atoms with Crippen LogP contribution in [-0.2, 0) is 9.59 Å². The van der Waals surface area contributed by atoms with E-state index in [1.807, 2.05) is 86.6 Å². The van der Waals surface area contributed by atoms with Gasteiger partial charge in [-0.25, -0.2) is 9.59 Å². The average molecular weight is 422 g/mol. The maximum absolute atomic E-state index is 12.1. The van der Waals surface area contributed by atoms with E-state index in [0.717, 1.165) is 22.3 Å². The smallest absolute Gasteiger partial charge is 0.418 e. The second-order valence-electron chi connectivity index (χ2n) is 7.56. The van der Waals surface area contributed by atoms with E-state index in [1.54, 1.807) is 24.3 Å². The second kappa shape index (κ2) is 9.31. The van der Waals surface area contributed by atoms with Crippen LogP contribution in [0.25, 0.3) is 22.3 Å². The van der Waals surface area contributed by atoms with Gasteiger partial charge in [0.15, 0.2) is 0 Å². The molecule has 4 heteroatoms. The van der Waals surface area contributed by atoms with Crippen molar-refractivity contribution in [1.82, 2.24) is 0 Å². The Labute approximate surface area is 187 Å². The maximum Gasteiger partial charge on any atom is 0.423 e. The van der Waals surface area contributed by atoms with Crippen molar-refractivity contribution in [3.63, 3.8) is 0 Å².